The van der Waals surface area contributed by atoms with Crippen LogP contribution < -0.4 is 4.40 Å². The number of aryl methyl sites for hydroxylation is 2. The van der Waals surface area contributed by atoms with Gasteiger partial charge in [-0.25, -0.2) is 0 Å². The van der Waals surface area contributed by atoms with Crippen molar-refractivity contribution >= 4 is 28.4 Å². The van der Waals surface area contributed by atoms with Gasteiger partial charge in [-0.3, -0.25) is 0 Å². The van der Waals surface area contributed by atoms with E-state index in [4.69, 9.17) is 4.98 Å². The Morgan fingerprint density at radius 2 is 1.46 bits per heavy atom. The van der Waals surface area contributed by atoms with Crippen molar-refractivity contribution in [2.45, 2.75) is 69.6 Å². The van der Waals surface area contributed by atoms with E-state index in [9.17, 15) is 0 Å². The van der Waals surface area contributed by atoms with Crippen LogP contribution >= 0.6 is 0 Å². The minimum atomic E-state index is -2.05. The van der Waals surface area contributed by atoms with Crippen molar-refractivity contribution < 1.29 is 0 Å². The molecule has 1 aliphatic carbocycles. The quantitative estimate of drug-likeness (QED) is 0.394. The third kappa shape index (κ3) is 2.55. The van der Waals surface area contributed by atoms with Gasteiger partial charge in [0.2, 0.25) is 0 Å². The molecule has 3 aromatic rings. The summed E-state index contributed by atoms with van der Waals surface area (Å²) < 4.78 is 1.61. The zero-order valence-corrected chi connectivity index (χ0v) is 21.0. The Morgan fingerprint density at radius 3 is 2.11 bits per heavy atom. The van der Waals surface area contributed by atoms with Gasteiger partial charge in [-0.15, -0.1) is 0 Å². The molecule has 0 N–H and O–H groups in total. The van der Waals surface area contributed by atoms with E-state index < -0.39 is 13.3 Å². The van der Waals surface area contributed by atoms with Crippen LogP contribution in [0.3, 0.4) is 0 Å². The second-order valence-electron chi connectivity index (χ2n) is 10.7. The van der Waals surface area contributed by atoms with E-state index in [-0.39, 0.29) is 10.8 Å². The predicted molar refractivity (Wildman–Crippen MR) is 126 cm³/mol. The molecule has 0 bridgehead atoms. The van der Waals surface area contributed by atoms with Crippen molar-refractivity contribution in [2.24, 2.45) is 0 Å². The summed E-state index contributed by atoms with van der Waals surface area (Å²) in [6.45, 7) is 14.3. The maximum absolute atomic E-state index is 4.99. The van der Waals surface area contributed by atoms with Gasteiger partial charge in [0, 0.05) is 0 Å². The van der Waals surface area contributed by atoms with Crippen LogP contribution in [-0.4, -0.2) is 18.3 Å². The average molecular weight is 432 g/mol. The standard InChI is InChI=1S/C26H33GeN/c1-16-10-11-18-15-20-22(17(2)19(18)14-16)25(3,4)26(5,6)23-21(27(7,8)9)12-13-28-24(20)23/h10-15H,1-9H3. The molecule has 1 nitrogen and oxygen atoms in total. The van der Waals surface area contributed by atoms with Gasteiger partial charge >= 0.3 is 173 Å². The number of nitrogens with zero attached hydrogens (tertiary/aromatic N) is 1. The summed E-state index contributed by atoms with van der Waals surface area (Å²) >= 11 is -2.05. The fourth-order valence-electron chi connectivity index (χ4n) is 5.23. The van der Waals surface area contributed by atoms with Crippen molar-refractivity contribution in [2.75, 3.05) is 0 Å². The molecule has 0 saturated carbocycles. The number of rotatable bonds is 1. The van der Waals surface area contributed by atoms with Crippen LogP contribution in [0.15, 0.2) is 36.5 Å². The fourth-order valence-corrected chi connectivity index (χ4v) is 8.91. The molecular formula is C26H33GeN. The van der Waals surface area contributed by atoms with Crippen molar-refractivity contribution in [3.05, 3.63) is 58.8 Å². The topological polar surface area (TPSA) is 12.9 Å². The third-order valence-electron chi connectivity index (χ3n) is 7.38. The van der Waals surface area contributed by atoms with Crippen molar-refractivity contribution in [1.29, 1.82) is 0 Å². The van der Waals surface area contributed by atoms with Crippen molar-refractivity contribution in [1.82, 2.24) is 4.98 Å². The number of aromatic nitrogens is 1. The van der Waals surface area contributed by atoms with E-state index in [0.29, 0.717) is 0 Å². The van der Waals surface area contributed by atoms with Crippen LogP contribution in [0.2, 0.25) is 17.3 Å². The minimum absolute atomic E-state index is 0.0275. The molecule has 1 heterocycles. The number of pyridine rings is 1. The average Bonchev–Trinajstić information content (AvgIpc) is 2.59. The Labute approximate surface area is 173 Å². The third-order valence-corrected chi connectivity index (χ3v) is 11.6. The van der Waals surface area contributed by atoms with E-state index in [0.717, 1.165) is 0 Å². The number of benzene rings is 2. The van der Waals surface area contributed by atoms with E-state index in [2.05, 4.69) is 95.3 Å². The molecule has 0 aliphatic heterocycles. The molecule has 4 rings (SSSR count). The first-order chi connectivity index (χ1) is 12.9. The van der Waals surface area contributed by atoms with Gasteiger partial charge in [-0.05, 0) is 0 Å². The Bertz CT molecular complexity index is 1110. The predicted octanol–water partition coefficient (Wildman–Crippen LogP) is 6.63. The molecule has 0 unspecified atom stereocenters. The first kappa shape index (κ1) is 19.7. The van der Waals surface area contributed by atoms with Crippen LogP contribution in [0.25, 0.3) is 22.0 Å². The molecule has 28 heavy (non-hydrogen) atoms. The second kappa shape index (κ2) is 5.95. The van der Waals surface area contributed by atoms with Crippen LogP contribution in [0.4, 0.5) is 0 Å². The normalized spacial score (nSPS) is 17.3. The summed E-state index contributed by atoms with van der Waals surface area (Å²) in [4.78, 5) is 4.99. The van der Waals surface area contributed by atoms with E-state index in [1.54, 1.807) is 4.40 Å². The molecular weight excluding hydrogens is 399 g/mol. The SMILES string of the molecule is Cc1ccc2cc3c(c(C)c2c1)C(C)(C)C(C)(C)c1[c]([Ge]([CH3])([CH3])[CH3])ccnc1-3. The summed E-state index contributed by atoms with van der Waals surface area (Å²) in [6.07, 6.45) is 2.05. The molecule has 1 aliphatic rings. The van der Waals surface area contributed by atoms with Gasteiger partial charge in [-0.2, -0.15) is 0 Å². The summed E-state index contributed by atoms with van der Waals surface area (Å²) in [5.41, 5.74) is 8.36. The van der Waals surface area contributed by atoms with Gasteiger partial charge < -0.3 is 0 Å². The van der Waals surface area contributed by atoms with Crippen LogP contribution in [-0.2, 0) is 10.8 Å². The second-order valence-corrected chi connectivity index (χ2v) is 21.3. The zero-order valence-electron chi connectivity index (χ0n) is 18.9. The Morgan fingerprint density at radius 1 is 0.821 bits per heavy atom. The van der Waals surface area contributed by atoms with Gasteiger partial charge in [0.05, 0.1) is 0 Å². The van der Waals surface area contributed by atoms with Crippen molar-refractivity contribution in [3.63, 3.8) is 0 Å². The number of hydrogen-bond acceptors (Lipinski definition) is 1. The van der Waals surface area contributed by atoms with Crippen molar-refractivity contribution in [3.8, 4) is 11.3 Å². The van der Waals surface area contributed by atoms with Crippen LogP contribution in [0.1, 0.15) is 49.9 Å². The molecule has 1 aromatic heterocycles. The van der Waals surface area contributed by atoms with Gasteiger partial charge in [0.15, 0.2) is 0 Å². The Hall–Kier alpha value is -1.61. The summed E-state index contributed by atoms with van der Waals surface area (Å²) in [6, 6.07) is 11.6. The van der Waals surface area contributed by atoms with E-state index in [1.165, 1.54) is 44.3 Å². The monoisotopic (exact) mass is 433 g/mol. The first-order valence-electron chi connectivity index (χ1n) is 10.4. The van der Waals surface area contributed by atoms with Gasteiger partial charge in [-0.1, -0.05) is 0 Å². The molecule has 0 amide bonds. The van der Waals surface area contributed by atoms with Gasteiger partial charge in [0.25, 0.3) is 0 Å². The number of hydrogen-bond donors (Lipinski definition) is 0. The van der Waals surface area contributed by atoms with Crippen LogP contribution in [0.5, 0.6) is 0 Å². The summed E-state index contributed by atoms with van der Waals surface area (Å²) in [5.74, 6) is 7.51. The molecule has 2 heteroatoms. The molecule has 0 radical (unpaired) electrons. The summed E-state index contributed by atoms with van der Waals surface area (Å²) in [7, 11) is 0. The van der Waals surface area contributed by atoms with E-state index >= 15 is 0 Å². The Balaban J connectivity index is 2.22. The Kier molecular flexibility index (Phi) is 4.19. The molecule has 0 spiro atoms. The summed E-state index contributed by atoms with van der Waals surface area (Å²) in [5, 5.41) is 2.71. The molecule has 0 atom stereocenters. The fraction of sp³-hybridized carbons (Fsp3) is 0.423. The van der Waals surface area contributed by atoms with Gasteiger partial charge in [0.1, 0.15) is 0 Å². The van der Waals surface area contributed by atoms with E-state index in [1.807, 2.05) is 0 Å². The first-order valence-corrected chi connectivity index (χ1v) is 17.8. The number of fused-ring (bicyclic) bond motifs is 4. The zero-order chi connectivity index (χ0) is 20.6. The molecule has 2 aromatic carbocycles. The van der Waals surface area contributed by atoms with Crippen LogP contribution in [0, 0.1) is 13.8 Å². The maximum atomic E-state index is 4.99. The molecule has 146 valence electrons. The molecule has 0 saturated heterocycles. The molecule has 0 fully saturated rings.